The SMILES string of the molecule is CCCCCC/C=C\C=C/CCCCCCCC(=O)O[C@H](COC(=O)CCCCCCCCCCC(C)CC)COP(=O)(O)OCC(O)COP(=O)(O)OC[C@@H](COC(=O)CCCCCCCCCCC(C)C)OC(=O)CCCCCCCCC(C)C. The lowest BCUT2D eigenvalue weighted by molar-refractivity contribution is -0.161. The molecule has 0 aromatic carbocycles. The van der Waals surface area contributed by atoms with Crippen LogP contribution in [0.3, 0.4) is 0 Å². The first-order valence-corrected chi connectivity index (χ1v) is 37.7. The molecule has 512 valence electrons. The smallest absolute Gasteiger partial charge is 0.462 e. The molecule has 0 aliphatic heterocycles. The highest BCUT2D eigenvalue weighted by Crippen LogP contribution is 2.45. The second kappa shape index (κ2) is 58.6. The molecule has 17 nitrogen and oxygen atoms in total. The van der Waals surface area contributed by atoms with E-state index in [0.29, 0.717) is 31.6 Å². The van der Waals surface area contributed by atoms with Crippen molar-refractivity contribution in [3.8, 4) is 0 Å². The fraction of sp³-hybridized carbons (Fsp3) is 0.882. The zero-order valence-corrected chi connectivity index (χ0v) is 57.7. The van der Waals surface area contributed by atoms with Crippen molar-refractivity contribution in [2.45, 2.75) is 330 Å². The van der Waals surface area contributed by atoms with Crippen molar-refractivity contribution < 1.29 is 80.2 Å². The van der Waals surface area contributed by atoms with Crippen LogP contribution in [0.1, 0.15) is 312 Å². The van der Waals surface area contributed by atoms with Crippen LogP contribution < -0.4 is 0 Å². The van der Waals surface area contributed by atoms with Crippen molar-refractivity contribution in [3.05, 3.63) is 24.3 Å². The summed E-state index contributed by atoms with van der Waals surface area (Å²) in [6.45, 7) is 11.6. The quantitative estimate of drug-likeness (QED) is 0.0169. The number of allylic oxidation sites excluding steroid dienone is 4. The Morgan fingerprint density at radius 2 is 0.678 bits per heavy atom. The summed E-state index contributed by atoms with van der Waals surface area (Å²) < 4.78 is 68.1. The molecular weight excluding hydrogens is 1150 g/mol. The Kier molecular flexibility index (Phi) is 57.0. The monoisotopic (exact) mass is 1280 g/mol. The third-order valence-corrected chi connectivity index (χ3v) is 17.3. The first-order chi connectivity index (χ1) is 41.8. The van der Waals surface area contributed by atoms with Gasteiger partial charge in [0.2, 0.25) is 0 Å². The van der Waals surface area contributed by atoms with E-state index in [1.807, 2.05) is 0 Å². The van der Waals surface area contributed by atoms with E-state index in [4.69, 9.17) is 37.0 Å². The molecule has 0 fully saturated rings. The van der Waals surface area contributed by atoms with Gasteiger partial charge in [0.15, 0.2) is 12.2 Å². The Bertz CT molecular complexity index is 1810. The molecule has 0 aliphatic carbocycles. The lowest BCUT2D eigenvalue weighted by Crippen LogP contribution is -2.30. The standard InChI is InChI=1S/C68H128O17P2/c1-8-10-11-12-13-14-15-16-17-18-19-20-29-37-44-51-67(72)84-63(55-78-66(71)50-43-36-28-24-22-26-34-41-48-61(7)9-2)57-82-86(74,75)80-53-62(69)54-81-87(76,77)83-58-64(85-68(73)52-45-38-31-30-33-40-47-60(5)6)56-79-65(70)49-42-35-27-23-21-25-32-39-46-59(3)4/h14-17,59-64,69H,8-13,18-58H2,1-7H3,(H,74,75)(H,76,77)/b15-14-,17-16-/t61?,62?,63-,64-/m1/s1. The van der Waals surface area contributed by atoms with Crippen LogP contribution in [0, 0.1) is 17.8 Å². The van der Waals surface area contributed by atoms with Crippen molar-refractivity contribution >= 4 is 39.5 Å². The maximum atomic E-state index is 13.0. The molecule has 0 amide bonds. The summed E-state index contributed by atoms with van der Waals surface area (Å²) in [6, 6.07) is 0. The highest BCUT2D eigenvalue weighted by atomic mass is 31.2. The highest BCUT2D eigenvalue weighted by molar-refractivity contribution is 7.47. The Morgan fingerprint density at radius 1 is 0.379 bits per heavy atom. The van der Waals surface area contributed by atoms with E-state index in [2.05, 4.69) is 72.8 Å². The number of aliphatic hydroxyl groups is 1. The van der Waals surface area contributed by atoms with Gasteiger partial charge in [-0.1, -0.05) is 259 Å². The average molecular weight is 1280 g/mol. The van der Waals surface area contributed by atoms with Crippen molar-refractivity contribution in [2.75, 3.05) is 39.6 Å². The van der Waals surface area contributed by atoms with Gasteiger partial charge in [0, 0.05) is 25.7 Å². The van der Waals surface area contributed by atoms with Gasteiger partial charge in [-0.25, -0.2) is 9.13 Å². The maximum absolute atomic E-state index is 13.0. The highest BCUT2D eigenvalue weighted by Gasteiger charge is 2.30. The number of unbranched alkanes of at least 4 members (excludes halogenated alkanes) is 28. The van der Waals surface area contributed by atoms with Gasteiger partial charge in [0.1, 0.15) is 19.3 Å². The number of carbonyl (C=O) groups excluding carboxylic acids is 4. The largest absolute Gasteiger partial charge is 0.472 e. The number of hydrogen-bond acceptors (Lipinski definition) is 15. The molecule has 0 saturated carbocycles. The van der Waals surface area contributed by atoms with E-state index >= 15 is 0 Å². The Labute approximate surface area is 529 Å². The van der Waals surface area contributed by atoms with Crippen molar-refractivity contribution in [1.82, 2.24) is 0 Å². The van der Waals surface area contributed by atoms with Crippen LogP contribution in [-0.4, -0.2) is 96.7 Å². The topological polar surface area (TPSA) is 237 Å². The van der Waals surface area contributed by atoms with Crippen molar-refractivity contribution in [1.29, 1.82) is 0 Å². The molecule has 3 N–H and O–H groups in total. The molecule has 87 heavy (non-hydrogen) atoms. The van der Waals surface area contributed by atoms with Gasteiger partial charge in [-0.2, -0.15) is 0 Å². The third kappa shape index (κ3) is 60.9. The third-order valence-electron chi connectivity index (χ3n) is 15.4. The number of ether oxygens (including phenoxy) is 4. The molecule has 0 saturated heterocycles. The molecule has 0 heterocycles. The fourth-order valence-corrected chi connectivity index (χ4v) is 11.2. The van der Waals surface area contributed by atoms with Gasteiger partial charge in [0.25, 0.3) is 0 Å². The molecule has 0 aromatic heterocycles. The second-order valence-electron chi connectivity index (χ2n) is 25.1. The van der Waals surface area contributed by atoms with Gasteiger partial charge >= 0.3 is 39.5 Å². The Balaban J connectivity index is 5.28. The van der Waals surface area contributed by atoms with E-state index in [-0.39, 0.29) is 25.7 Å². The van der Waals surface area contributed by atoms with Gasteiger partial charge < -0.3 is 33.8 Å². The van der Waals surface area contributed by atoms with Crippen LogP contribution in [0.25, 0.3) is 0 Å². The maximum Gasteiger partial charge on any atom is 0.472 e. The van der Waals surface area contributed by atoms with E-state index in [0.717, 1.165) is 115 Å². The fourth-order valence-electron chi connectivity index (χ4n) is 9.61. The summed E-state index contributed by atoms with van der Waals surface area (Å²) >= 11 is 0. The number of carbonyl (C=O) groups is 4. The first-order valence-electron chi connectivity index (χ1n) is 34.7. The Hall–Kier alpha value is -2.46. The van der Waals surface area contributed by atoms with E-state index in [9.17, 15) is 43.2 Å². The van der Waals surface area contributed by atoms with Crippen LogP contribution in [0.4, 0.5) is 0 Å². The lowest BCUT2D eigenvalue weighted by Gasteiger charge is -2.21. The number of hydrogen-bond donors (Lipinski definition) is 3. The zero-order chi connectivity index (χ0) is 64.5. The summed E-state index contributed by atoms with van der Waals surface area (Å²) in [4.78, 5) is 72.4. The summed E-state index contributed by atoms with van der Waals surface area (Å²) in [5.74, 6) is 0.00128. The van der Waals surface area contributed by atoms with Gasteiger partial charge in [-0.15, -0.1) is 0 Å². The molecule has 0 spiro atoms. The number of phosphoric ester groups is 2. The van der Waals surface area contributed by atoms with Crippen molar-refractivity contribution in [2.24, 2.45) is 17.8 Å². The minimum absolute atomic E-state index is 0.0838. The van der Waals surface area contributed by atoms with Gasteiger partial charge in [-0.05, 0) is 69.1 Å². The Morgan fingerprint density at radius 3 is 1.02 bits per heavy atom. The minimum Gasteiger partial charge on any atom is -0.462 e. The normalized spacial score (nSPS) is 14.8. The van der Waals surface area contributed by atoms with Crippen molar-refractivity contribution in [3.63, 3.8) is 0 Å². The van der Waals surface area contributed by atoms with E-state index in [1.54, 1.807) is 0 Å². The molecule has 0 aromatic rings. The summed E-state index contributed by atoms with van der Waals surface area (Å²) in [5, 5.41) is 10.6. The second-order valence-corrected chi connectivity index (χ2v) is 28.0. The average Bonchev–Trinajstić information content (AvgIpc) is 3.50. The van der Waals surface area contributed by atoms with Crippen LogP contribution in [-0.2, 0) is 65.4 Å². The summed E-state index contributed by atoms with van der Waals surface area (Å²) in [6.07, 6.45) is 44.1. The number of rotatable bonds is 64. The summed E-state index contributed by atoms with van der Waals surface area (Å²) in [7, 11) is -9.91. The molecule has 0 radical (unpaired) electrons. The predicted molar refractivity (Wildman–Crippen MR) is 349 cm³/mol. The van der Waals surface area contributed by atoms with Crippen LogP contribution in [0.5, 0.6) is 0 Å². The molecule has 0 bridgehead atoms. The molecule has 0 aliphatic rings. The van der Waals surface area contributed by atoms with Crippen LogP contribution in [0.15, 0.2) is 24.3 Å². The number of aliphatic hydroxyl groups excluding tert-OH is 1. The van der Waals surface area contributed by atoms with Crippen LogP contribution >= 0.6 is 15.6 Å². The molecule has 4 unspecified atom stereocenters. The minimum atomic E-state index is -4.96. The summed E-state index contributed by atoms with van der Waals surface area (Å²) in [5.41, 5.74) is 0. The van der Waals surface area contributed by atoms with E-state index in [1.165, 1.54) is 109 Å². The van der Waals surface area contributed by atoms with E-state index < -0.39 is 97.5 Å². The number of phosphoric acid groups is 2. The molecular formula is C68H128O17P2. The zero-order valence-electron chi connectivity index (χ0n) is 56.0. The van der Waals surface area contributed by atoms with Gasteiger partial charge in [0.05, 0.1) is 26.4 Å². The molecule has 0 rings (SSSR count). The number of esters is 4. The molecule has 19 heteroatoms. The lowest BCUT2D eigenvalue weighted by atomic mass is 9.99. The van der Waals surface area contributed by atoms with Gasteiger partial charge in [-0.3, -0.25) is 37.3 Å². The molecule has 6 atom stereocenters. The first kappa shape index (κ1) is 84.5. The predicted octanol–water partition coefficient (Wildman–Crippen LogP) is 18.6. The van der Waals surface area contributed by atoms with Crippen LogP contribution in [0.2, 0.25) is 0 Å².